The molecule has 0 bridgehead atoms. The zero-order valence-electron chi connectivity index (χ0n) is 15.6. The number of aromatic nitrogens is 2. The average molecular weight is 346 g/mol. The number of hydrogen-bond acceptors (Lipinski definition) is 4. The normalized spacial score (nSPS) is 23.5. The highest BCUT2D eigenvalue weighted by Crippen LogP contribution is 2.23. The van der Waals surface area contributed by atoms with E-state index >= 15 is 0 Å². The lowest BCUT2D eigenvalue weighted by molar-refractivity contribution is -0.128. The predicted octanol–water partition coefficient (Wildman–Crippen LogP) is 1.53. The lowest BCUT2D eigenvalue weighted by atomic mass is 9.92. The fraction of sp³-hybridized carbons (Fsp3) is 0.737. The molecule has 0 aromatic carbocycles. The molecule has 1 atom stereocenters. The van der Waals surface area contributed by atoms with Crippen molar-refractivity contribution in [1.82, 2.24) is 19.8 Å². The molecule has 0 saturated carbocycles. The van der Waals surface area contributed by atoms with Gasteiger partial charge in [0.2, 0.25) is 5.91 Å². The van der Waals surface area contributed by atoms with Gasteiger partial charge in [-0.3, -0.25) is 19.1 Å². The zero-order valence-corrected chi connectivity index (χ0v) is 15.6. The number of carbonyl (C=O) groups excluding carboxylic acids is 1. The van der Waals surface area contributed by atoms with Gasteiger partial charge >= 0.3 is 0 Å². The van der Waals surface area contributed by atoms with Crippen molar-refractivity contribution in [2.45, 2.75) is 64.5 Å². The van der Waals surface area contributed by atoms with Gasteiger partial charge in [0.05, 0.1) is 18.1 Å². The van der Waals surface area contributed by atoms with Crippen LogP contribution >= 0.6 is 0 Å². The van der Waals surface area contributed by atoms with Crippen LogP contribution in [0.4, 0.5) is 0 Å². The average Bonchev–Trinajstić information content (AvgIpc) is 2.57. The molecule has 1 aromatic rings. The van der Waals surface area contributed by atoms with Crippen LogP contribution < -0.4 is 10.9 Å². The van der Waals surface area contributed by atoms with E-state index in [1.165, 1.54) is 0 Å². The molecular weight excluding hydrogens is 316 g/mol. The third-order valence-electron chi connectivity index (χ3n) is 5.45. The first-order valence-electron chi connectivity index (χ1n) is 9.43. The lowest BCUT2D eigenvalue weighted by Gasteiger charge is -2.38. The Balaban J connectivity index is 1.57. The van der Waals surface area contributed by atoms with E-state index in [2.05, 4.69) is 36.0 Å². The third-order valence-corrected chi connectivity index (χ3v) is 5.45. The molecule has 1 aromatic heterocycles. The Labute approximate surface area is 149 Å². The van der Waals surface area contributed by atoms with Crippen LogP contribution in [-0.2, 0) is 16.8 Å². The maximum absolute atomic E-state index is 12.4. The summed E-state index contributed by atoms with van der Waals surface area (Å²) in [6.07, 6.45) is 5.78. The van der Waals surface area contributed by atoms with Crippen molar-refractivity contribution in [3.05, 3.63) is 28.4 Å². The second-order valence-electron chi connectivity index (χ2n) is 8.44. The van der Waals surface area contributed by atoms with Crippen molar-refractivity contribution >= 4 is 5.91 Å². The summed E-state index contributed by atoms with van der Waals surface area (Å²) >= 11 is 0. The minimum atomic E-state index is -0.107. The molecular formula is C19H30N4O2. The Kier molecular flexibility index (Phi) is 5.27. The number of nitrogens with zero attached hydrogens (tertiary/aromatic N) is 3. The Morgan fingerprint density at radius 2 is 1.92 bits per heavy atom. The van der Waals surface area contributed by atoms with E-state index in [4.69, 9.17) is 0 Å². The number of amides is 1. The largest absolute Gasteiger partial charge is 0.355 e. The Morgan fingerprint density at radius 1 is 1.20 bits per heavy atom. The standard InChI is InChI=1S/C19H30N4O2/c1-19(2,3)16-11-17(24)23(13-21-16)12-14-6-9-22(10-7-14)15-5-4-8-20-18(15)25/h11,13-15H,4-10,12H2,1-3H3,(H,20,25). The molecule has 3 rings (SSSR count). The van der Waals surface area contributed by atoms with E-state index in [1.807, 2.05) is 0 Å². The summed E-state index contributed by atoms with van der Waals surface area (Å²) in [7, 11) is 0. The molecule has 0 radical (unpaired) electrons. The number of nitrogens with one attached hydrogen (secondary N) is 1. The molecule has 6 nitrogen and oxygen atoms in total. The molecule has 3 heterocycles. The maximum Gasteiger partial charge on any atom is 0.253 e. The molecule has 1 unspecified atom stereocenters. The number of rotatable bonds is 3. The van der Waals surface area contributed by atoms with Crippen molar-refractivity contribution < 1.29 is 4.79 Å². The summed E-state index contributed by atoms with van der Waals surface area (Å²) in [5, 5.41) is 2.97. The minimum absolute atomic E-state index is 0.0361. The molecule has 6 heteroatoms. The Hall–Kier alpha value is -1.69. The highest BCUT2D eigenvalue weighted by atomic mass is 16.2. The molecule has 0 aliphatic carbocycles. The second kappa shape index (κ2) is 7.28. The number of likely N-dealkylation sites (tertiary alicyclic amines) is 1. The summed E-state index contributed by atoms with van der Waals surface area (Å²) in [6, 6.07) is 1.71. The van der Waals surface area contributed by atoms with E-state index in [0.29, 0.717) is 5.92 Å². The van der Waals surface area contributed by atoms with Gasteiger partial charge in [0.15, 0.2) is 0 Å². The quantitative estimate of drug-likeness (QED) is 0.901. The van der Waals surface area contributed by atoms with E-state index in [-0.39, 0.29) is 22.9 Å². The number of carbonyl (C=O) groups is 1. The van der Waals surface area contributed by atoms with Crippen molar-refractivity contribution in [2.24, 2.45) is 5.92 Å². The maximum atomic E-state index is 12.4. The third kappa shape index (κ3) is 4.29. The van der Waals surface area contributed by atoms with Crippen LogP contribution in [0, 0.1) is 5.92 Å². The first-order chi connectivity index (χ1) is 11.8. The molecule has 0 spiro atoms. The Bertz CT molecular complexity index is 669. The minimum Gasteiger partial charge on any atom is -0.355 e. The van der Waals surface area contributed by atoms with Crippen LogP contribution in [0.25, 0.3) is 0 Å². The SMILES string of the molecule is CC(C)(C)c1cc(=O)n(CC2CCN(C3CCCNC3=O)CC2)cn1. The molecule has 2 aliphatic heterocycles. The fourth-order valence-electron chi connectivity index (χ4n) is 3.80. The highest BCUT2D eigenvalue weighted by molar-refractivity contribution is 5.82. The van der Waals surface area contributed by atoms with Gasteiger partial charge in [-0.2, -0.15) is 0 Å². The fourth-order valence-corrected chi connectivity index (χ4v) is 3.80. The highest BCUT2D eigenvalue weighted by Gasteiger charge is 2.31. The van der Waals surface area contributed by atoms with Crippen molar-refractivity contribution in [3.8, 4) is 0 Å². The molecule has 1 N–H and O–H groups in total. The van der Waals surface area contributed by atoms with Gasteiger partial charge in [-0.1, -0.05) is 20.8 Å². The van der Waals surface area contributed by atoms with Crippen molar-refractivity contribution in [2.75, 3.05) is 19.6 Å². The van der Waals surface area contributed by atoms with E-state index < -0.39 is 0 Å². The van der Waals surface area contributed by atoms with Crippen LogP contribution in [0.1, 0.15) is 52.1 Å². The lowest BCUT2D eigenvalue weighted by Crippen LogP contribution is -2.52. The summed E-state index contributed by atoms with van der Waals surface area (Å²) < 4.78 is 1.74. The van der Waals surface area contributed by atoms with Crippen LogP contribution in [-0.4, -0.2) is 46.0 Å². The molecule has 2 aliphatic rings. The number of piperidine rings is 2. The van der Waals surface area contributed by atoms with Crippen LogP contribution in [0.15, 0.2) is 17.2 Å². The summed E-state index contributed by atoms with van der Waals surface area (Å²) in [5.74, 6) is 0.658. The van der Waals surface area contributed by atoms with Crippen molar-refractivity contribution in [1.29, 1.82) is 0 Å². The van der Waals surface area contributed by atoms with E-state index in [0.717, 1.165) is 57.6 Å². The van der Waals surface area contributed by atoms with Crippen LogP contribution in [0.3, 0.4) is 0 Å². The first kappa shape index (κ1) is 18.1. The van der Waals surface area contributed by atoms with Gasteiger partial charge < -0.3 is 5.32 Å². The molecule has 1 amide bonds. The van der Waals surface area contributed by atoms with Gasteiger partial charge in [0.25, 0.3) is 5.56 Å². The molecule has 2 fully saturated rings. The van der Waals surface area contributed by atoms with Gasteiger partial charge in [0.1, 0.15) is 0 Å². The van der Waals surface area contributed by atoms with Crippen LogP contribution in [0.2, 0.25) is 0 Å². The topological polar surface area (TPSA) is 67.2 Å². The van der Waals surface area contributed by atoms with Gasteiger partial charge in [-0.25, -0.2) is 4.98 Å². The summed E-state index contributed by atoms with van der Waals surface area (Å²) in [5.41, 5.74) is 0.769. The first-order valence-corrected chi connectivity index (χ1v) is 9.43. The van der Waals surface area contributed by atoms with Gasteiger partial charge in [0, 0.05) is 24.6 Å². The number of hydrogen-bond donors (Lipinski definition) is 1. The second-order valence-corrected chi connectivity index (χ2v) is 8.44. The van der Waals surface area contributed by atoms with Crippen molar-refractivity contribution in [3.63, 3.8) is 0 Å². The zero-order chi connectivity index (χ0) is 18.0. The van der Waals surface area contributed by atoms with Gasteiger partial charge in [-0.15, -0.1) is 0 Å². The van der Waals surface area contributed by atoms with E-state index in [1.54, 1.807) is 17.0 Å². The predicted molar refractivity (Wildman–Crippen MR) is 97.5 cm³/mol. The summed E-state index contributed by atoms with van der Waals surface area (Å²) in [4.78, 5) is 31.2. The molecule has 2 saturated heterocycles. The Morgan fingerprint density at radius 3 is 2.52 bits per heavy atom. The van der Waals surface area contributed by atoms with E-state index in [9.17, 15) is 9.59 Å². The monoisotopic (exact) mass is 346 g/mol. The van der Waals surface area contributed by atoms with Crippen LogP contribution in [0.5, 0.6) is 0 Å². The summed E-state index contributed by atoms with van der Waals surface area (Å²) in [6.45, 7) is 9.60. The molecule has 138 valence electrons. The smallest absolute Gasteiger partial charge is 0.253 e. The molecule has 25 heavy (non-hydrogen) atoms. The van der Waals surface area contributed by atoms with Gasteiger partial charge in [-0.05, 0) is 44.7 Å².